The molecule has 92 valence electrons. The first kappa shape index (κ1) is 11.7. The van der Waals surface area contributed by atoms with Crippen LogP contribution in [0.1, 0.15) is 25.7 Å². The van der Waals surface area contributed by atoms with Crippen molar-refractivity contribution in [1.82, 2.24) is 9.80 Å². The number of nitrogens with two attached hydrogens (primary N) is 1. The third-order valence-electron chi connectivity index (χ3n) is 4.31. The lowest BCUT2D eigenvalue weighted by atomic mass is 9.79. The van der Waals surface area contributed by atoms with Gasteiger partial charge in [-0.2, -0.15) is 0 Å². The number of guanidine groups is 1. The van der Waals surface area contributed by atoms with E-state index in [1.165, 1.54) is 38.8 Å². The predicted molar refractivity (Wildman–Crippen MR) is 66.4 cm³/mol. The van der Waals surface area contributed by atoms with E-state index in [1.54, 1.807) is 0 Å². The molecule has 4 nitrogen and oxygen atoms in total. The lowest BCUT2D eigenvalue weighted by Gasteiger charge is -2.39. The van der Waals surface area contributed by atoms with Crippen LogP contribution in [0.3, 0.4) is 0 Å². The summed E-state index contributed by atoms with van der Waals surface area (Å²) in [5, 5.41) is 7.42. The predicted octanol–water partition coefficient (Wildman–Crippen LogP) is 0.934. The summed E-state index contributed by atoms with van der Waals surface area (Å²) in [7, 11) is 2.22. The molecule has 2 saturated heterocycles. The third kappa shape index (κ3) is 2.67. The first-order chi connectivity index (χ1) is 7.66. The number of piperidine rings is 2. The molecule has 0 radical (unpaired) electrons. The molecule has 4 heteroatoms. The number of likely N-dealkylation sites (tertiary alicyclic amines) is 2. The van der Waals surface area contributed by atoms with Crippen molar-refractivity contribution < 1.29 is 0 Å². The molecule has 0 amide bonds. The molecule has 0 aromatic carbocycles. The maximum absolute atomic E-state index is 7.42. The molecule has 16 heavy (non-hydrogen) atoms. The molecular weight excluding hydrogens is 200 g/mol. The largest absolute Gasteiger partial charge is 0.370 e. The van der Waals surface area contributed by atoms with Crippen LogP contribution >= 0.6 is 0 Å². The molecule has 0 aromatic rings. The molecule has 3 N–H and O–H groups in total. The summed E-state index contributed by atoms with van der Waals surface area (Å²) >= 11 is 0. The minimum atomic E-state index is 0.252. The molecular formula is C12H24N4. The van der Waals surface area contributed by atoms with Gasteiger partial charge in [0.15, 0.2) is 5.96 Å². The summed E-state index contributed by atoms with van der Waals surface area (Å²) in [6.45, 7) is 4.51. The molecule has 0 aromatic heterocycles. The Balaban J connectivity index is 1.78. The second kappa shape index (κ2) is 5.04. The van der Waals surface area contributed by atoms with E-state index in [2.05, 4.69) is 11.9 Å². The molecule has 2 heterocycles. The maximum Gasteiger partial charge on any atom is 0.188 e. The van der Waals surface area contributed by atoms with Gasteiger partial charge in [0.1, 0.15) is 0 Å². The van der Waals surface area contributed by atoms with Crippen molar-refractivity contribution in [1.29, 1.82) is 5.41 Å². The monoisotopic (exact) mass is 224 g/mol. The zero-order valence-electron chi connectivity index (χ0n) is 10.3. The Morgan fingerprint density at radius 2 is 1.44 bits per heavy atom. The second-order valence-corrected chi connectivity index (χ2v) is 5.35. The molecule has 2 aliphatic rings. The van der Waals surface area contributed by atoms with E-state index in [1.807, 2.05) is 4.90 Å². The lowest BCUT2D eigenvalue weighted by Crippen LogP contribution is -2.44. The van der Waals surface area contributed by atoms with Crippen molar-refractivity contribution in [2.75, 3.05) is 33.2 Å². The molecule has 2 rings (SSSR count). The van der Waals surface area contributed by atoms with Gasteiger partial charge in [0, 0.05) is 13.1 Å². The van der Waals surface area contributed by atoms with Crippen LogP contribution in [0, 0.1) is 17.2 Å². The van der Waals surface area contributed by atoms with Crippen molar-refractivity contribution in [3.05, 3.63) is 0 Å². The van der Waals surface area contributed by atoms with Gasteiger partial charge in [0.25, 0.3) is 0 Å². The lowest BCUT2D eigenvalue weighted by molar-refractivity contribution is 0.129. The van der Waals surface area contributed by atoms with Crippen LogP contribution in [0.5, 0.6) is 0 Å². The fraction of sp³-hybridized carbons (Fsp3) is 0.917. The molecule has 2 fully saturated rings. The van der Waals surface area contributed by atoms with Crippen LogP contribution in [-0.4, -0.2) is 49.0 Å². The van der Waals surface area contributed by atoms with Crippen LogP contribution in [0.2, 0.25) is 0 Å². The van der Waals surface area contributed by atoms with Crippen molar-refractivity contribution in [3.63, 3.8) is 0 Å². The number of nitrogens with one attached hydrogen (secondary N) is 1. The smallest absolute Gasteiger partial charge is 0.188 e. The average Bonchev–Trinajstić information content (AvgIpc) is 2.30. The fourth-order valence-corrected chi connectivity index (χ4v) is 3.11. The molecule has 0 atom stereocenters. The Morgan fingerprint density at radius 3 is 1.88 bits per heavy atom. The van der Waals surface area contributed by atoms with Crippen molar-refractivity contribution in [2.45, 2.75) is 25.7 Å². The highest BCUT2D eigenvalue weighted by molar-refractivity contribution is 5.74. The summed E-state index contributed by atoms with van der Waals surface area (Å²) < 4.78 is 0. The van der Waals surface area contributed by atoms with E-state index in [4.69, 9.17) is 11.1 Å². The van der Waals surface area contributed by atoms with E-state index in [0.717, 1.165) is 24.9 Å². The van der Waals surface area contributed by atoms with Gasteiger partial charge in [0.2, 0.25) is 0 Å². The van der Waals surface area contributed by atoms with E-state index in [9.17, 15) is 0 Å². The second-order valence-electron chi connectivity index (χ2n) is 5.35. The topological polar surface area (TPSA) is 56.4 Å². The van der Waals surface area contributed by atoms with Gasteiger partial charge >= 0.3 is 0 Å². The highest BCUT2D eigenvalue weighted by atomic mass is 15.2. The summed E-state index contributed by atoms with van der Waals surface area (Å²) in [6, 6.07) is 0. The van der Waals surface area contributed by atoms with Crippen molar-refractivity contribution >= 4 is 5.96 Å². The van der Waals surface area contributed by atoms with Crippen LogP contribution in [-0.2, 0) is 0 Å². The number of nitrogens with zero attached hydrogens (tertiary/aromatic N) is 2. The number of hydrogen-bond donors (Lipinski definition) is 2. The van der Waals surface area contributed by atoms with E-state index in [0.29, 0.717) is 0 Å². The van der Waals surface area contributed by atoms with Gasteiger partial charge in [-0.3, -0.25) is 5.41 Å². The summed E-state index contributed by atoms with van der Waals surface area (Å²) in [4.78, 5) is 4.44. The van der Waals surface area contributed by atoms with Gasteiger partial charge in [-0.25, -0.2) is 0 Å². The standard InChI is InChI=1S/C12H24N4/c1-15-6-2-10(3-7-15)11-4-8-16(9-5-11)12(13)14/h10-11H,2-9H2,1H3,(H3,13,14). The van der Waals surface area contributed by atoms with Crippen molar-refractivity contribution in [3.8, 4) is 0 Å². The zero-order valence-corrected chi connectivity index (χ0v) is 10.3. The van der Waals surface area contributed by atoms with Gasteiger partial charge in [-0.1, -0.05) is 0 Å². The Kier molecular flexibility index (Phi) is 3.69. The number of rotatable bonds is 1. The highest BCUT2D eigenvalue weighted by Crippen LogP contribution is 2.31. The van der Waals surface area contributed by atoms with E-state index >= 15 is 0 Å². The first-order valence-corrected chi connectivity index (χ1v) is 6.44. The van der Waals surface area contributed by atoms with Gasteiger partial charge in [-0.15, -0.1) is 0 Å². The first-order valence-electron chi connectivity index (χ1n) is 6.44. The van der Waals surface area contributed by atoms with Crippen LogP contribution in [0.4, 0.5) is 0 Å². The molecule has 0 spiro atoms. The van der Waals surface area contributed by atoms with Crippen LogP contribution < -0.4 is 5.73 Å². The maximum atomic E-state index is 7.42. The quantitative estimate of drug-likeness (QED) is 0.515. The van der Waals surface area contributed by atoms with Crippen LogP contribution in [0.15, 0.2) is 0 Å². The Hall–Kier alpha value is -0.770. The zero-order chi connectivity index (χ0) is 11.5. The molecule has 0 aliphatic carbocycles. The molecule has 0 saturated carbocycles. The summed E-state index contributed by atoms with van der Waals surface area (Å²) in [5.74, 6) is 2.05. The van der Waals surface area contributed by atoms with Gasteiger partial charge < -0.3 is 15.5 Å². The summed E-state index contributed by atoms with van der Waals surface area (Å²) in [6.07, 6.45) is 5.18. The Morgan fingerprint density at radius 1 is 1.00 bits per heavy atom. The van der Waals surface area contributed by atoms with Crippen molar-refractivity contribution in [2.24, 2.45) is 17.6 Å². The van der Waals surface area contributed by atoms with E-state index < -0.39 is 0 Å². The van der Waals surface area contributed by atoms with Crippen LogP contribution in [0.25, 0.3) is 0 Å². The normalized spacial score (nSPS) is 25.9. The Bertz CT molecular complexity index is 237. The number of hydrogen-bond acceptors (Lipinski definition) is 2. The Labute approximate surface area is 98.3 Å². The summed E-state index contributed by atoms with van der Waals surface area (Å²) in [5.41, 5.74) is 5.51. The molecule has 0 unspecified atom stereocenters. The molecule has 0 bridgehead atoms. The minimum absolute atomic E-state index is 0.252. The fourth-order valence-electron chi connectivity index (χ4n) is 3.11. The SMILES string of the molecule is CN1CCC(C2CCN(C(=N)N)CC2)CC1. The third-order valence-corrected chi connectivity index (χ3v) is 4.31. The minimum Gasteiger partial charge on any atom is -0.370 e. The average molecular weight is 224 g/mol. The molecule has 2 aliphatic heterocycles. The van der Waals surface area contributed by atoms with E-state index in [-0.39, 0.29) is 5.96 Å². The van der Waals surface area contributed by atoms with Gasteiger partial charge in [0.05, 0.1) is 0 Å². The highest BCUT2D eigenvalue weighted by Gasteiger charge is 2.28. The van der Waals surface area contributed by atoms with Gasteiger partial charge in [-0.05, 0) is 57.7 Å².